The lowest BCUT2D eigenvalue weighted by Gasteiger charge is -2.15. The summed E-state index contributed by atoms with van der Waals surface area (Å²) in [5.74, 6) is -0.200. The van der Waals surface area contributed by atoms with Gasteiger partial charge in [0.1, 0.15) is 5.82 Å². The average Bonchev–Trinajstić information content (AvgIpc) is 2.52. The van der Waals surface area contributed by atoms with Gasteiger partial charge in [0.2, 0.25) is 0 Å². The zero-order valence-electron chi connectivity index (χ0n) is 7.63. The first-order valence-corrected chi connectivity index (χ1v) is 4.97. The molecule has 0 radical (unpaired) electrons. The molecule has 1 aliphatic heterocycles. The van der Waals surface area contributed by atoms with E-state index in [2.05, 4.69) is 5.32 Å². The minimum absolute atomic E-state index is 0.00863. The van der Waals surface area contributed by atoms with Crippen molar-refractivity contribution in [3.63, 3.8) is 0 Å². The van der Waals surface area contributed by atoms with E-state index in [4.69, 9.17) is 17.3 Å². The molecule has 3 N–H and O–H groups in total. The lowest BCUT2D eigenvalue weighted by Crippen LogP contribution is -2.28. The summed E-state index contributed by atoms with van der Waals surface area (Å²) in [6, 6.07) is 4.74. The smallest absolute Gasteiger partial charge is 0.128 e. The number of nitrogens with two attached hydrogens (primary N) is 1. The third-order valence-corrected chi connectivity index (χ3v) is 2.86. The largest absolute Gasteiger partial charge is 0.326 e. The number of rotatable bonds is 1. The fourth-order valence-corrected chi connectivity index (χ4v) is 2.00. The first-order chi connectivity index (χ1) is 6.68. The molecule has 2 nitrogen and oxygen atoms in total. The van der Waals surface area contributed by atoms with Crippen LogP contribution in [0.3, 0.4) is 0 Å². The van der Waals surface area contributed by atoms with Crippen LogP contribution in [0.4, 0.5) is 4.39 Å². The zero-order valence-corrected chi connectivity index (χ0v) is 8.39. The number of nitrogens with one attached hydrogen (secondary N) is 1. The van der Waals surface area contributed by atoms with Gasteiger partial charge in [-0.3, -0.25) is 0 Å². The summed E-state index contributed by atoms with van der Waals surface area (Å²) >= 11 is 5.67. The molecular weight excluding hydrogens is 203 g/mol. The Morgan fingerprint density at radius 3 is 2.79 bits per heavy atom. The van der Waals surface area contributed by atoms with Crippen molar-refractivity contribution in [2.24, 2.45) is 5.73 Å². The lowest BCUT2D eigenvalue weighted by atomic mass is 9.94. The van der Waals surface area contributed by atoms with Gasteiger partial charge in [-0.15, -0.1) is 0 Å². The summed E-state index contributed by atoms with van der Waals surface area (Å²) < 4.78 is 13.5. The molecule has 1 aromatic carbocycles. The van der Waals surface area contributed by atoms with Crippen molar-refractivity contribution in [2.45, 2.75) is 12.0 Å². The molecule has 76 valence electrons. The second-order valence-corrected chi connectivity index (χ2v) is 4.03. The summed E-state index contributed by atoms with van der Waals surface area (Å²) in [5.41, 5.74) is 6.51. The van der Waals surface area contributed by atoms with E-state index in [0.717, 1.165) is 13.1 Å². The summed E-state index contributed by atoms with van der Waals surface area (Å²) in [5, 5.41) is 3.56. The SMILES string of the molecule is NC1CNCC1c1ccc(Cl)cc1F. The Bertz CT molecular complexity index is 343. The van der Waals surface area contributed by atoms with E-state index in [1.54, 1.807) is 12.1 Å². The molecule has 1 fully saturated rings. The second kappa shape index (κ2) is 3.85. The molecule has 1 aliphatic rings. The second-order valence-electron chi connectivity index (χ2n) is 3.59. The van der Waals surface area contributed by atoms with Crippen molar-refractivity contribution in [3.05, 3.63) is 34.6 Å². The van der Waals surface area contributed by atoms with Gasteiger partial charge in [-0.05, 0) is 17.7 Å². The Labute approximate surface area is 87.2 Å². The Balaban J connectivity index is 2.31. The van der Waals surface area contributed by atoms with Crippen LogP contribution in [-0.2, 0) is 0 Å². The maximum Gasteiger partial charge on any atom is 0.128 e. The predicted molar refractivity (Wildman–Crippen MR) is 55.0 cm³/mol. The van der Waals surface area contributed by atoms with E-state index >= 15 is 0 Å². The van der Waals surface area contributed by atoms with E-state index in [1.165, 1.54) is 6.07 Å². The molecule has 2 rings (SSSR count). The fourth-order valence-electron chi connectivity index (χ4n) is 1.84. The van der Waals surface area contributed by atoms with Crippen LogP contribution in [0.15, 0.2) is 18.2 Å². The first-order valence-electron chi connectivity index (χ1n) is 4.59. The van der Waals surface area contributed by atoms with Crippen LogP contribution >= 0.6 is 11.6 Å². The Morgan fingerprint density at radius 2 is 2.21 bits per heavy atom. The Hall–Kier alpha value is -0.640. The van der Waals surface area contributed by atoms with Gasteiger partial charge in [-0.25, -0.2) is 4.39 Å². The highest BCUT2D eigenvalue weighted by molar-refractivity contribution is 6.30. The molecule has 14 heavy (non-hydrogen) atoms. The quantitative estimate of drug-likeness (QED) is 0.744. The third-order valence-electron chi connectivity index (χ3n) is 2.62. The molecule has 2 atom stereocenters. The van der Waals surface area contributed by atoms with Crippen LogP contribution in [0.2, 0.25) is 5.02 Å². The number of hydrogen-bond acceptors (Lipinski definition) is 2. The normalized spacial score (nSPS) is 26.8. The van der Waals surface area contributed by atoms with Gasteiger partial charge in [0.25, 0.3) is 0 Å². The first kappa shape index (κ1) is 9.90. The monoisotopic (exact) mass is 214 g/mol. The minimum atomic E-state index is -0.262. The van der Waals surface area contributed by atoms with Crippen LogP contribution in [0.1, 0.15) is 11.5 Å². The van der Waals surface area contributed by atoms with Gasteiger partial charge in [0.15, 0.2) is 0 Å². The standard InChI is InChI=1S/C10H12ClFN2/c11-6-1-2-7(9(12)3-6)8-4-14-5-10(8)13/h1-3,8,10,14H,4-5,13H2. The van der Waals surface area contributed by atoms with E-state index in [9.17, 15) is 4.39 Å². The van der Waals surface area contributed by atoms with Crippen LogP contribution in [0.5, 0.6) is 0 Å². The van der Waals surface area contributed by atoms with Crippen LogP contribution in [0, 0.1) is 5.82 Å². The summed E-state index contributed by atoms with van der Waals surface area (Å²) in [6.07, 6.45) is 0. The maximum atomic E-state index is 13.5. The molecule has 1 saturated heterocycles. The number of benzene rings is 1. The van der Waals surface area contributed by atoms with Crippen molar-refractivity contribution in [3.8, 4) is 0 Å². The predicted octanol–water partition coefficient (Wildman–Crippen LogP) is 1.49. The molecule has 0 saturated carbocycles. The Kier molecular flexibility index (Phi) is 2.72. The minimum Gasteiger partial charge on any atom is -0.326 e. The van der Waals surface area contributed by atoms with Crippen molar-refractivity contribution in [1.29, 1.82) is 0 Å². The van der Waals surface area contributed by atoms with Crippen LogP contribution in [0.25, 0.3) is 0 Å². The summed E-state index contributed by atoms with van der Waals surface area (Å²) in [6.45, 7) is 1.48. The van der Waals surface area contributed by atoms with Crippen LogP contribution in [-0.4, -0.2) is 19.1 Å². The van der Waals surface area contributed by atoms with E-state index in [-0.39, 0.29) is 17.8 Å². The van der Waals surface area contributed by atoms with Crippen molar-refractivity contribution < 1.29 is 4.39 Å². The van der Waals surface area contributed by atoms with Crippen LogP contribution < -0.4 is 11.1 Å². The molecule has 0 aliphatic carbocycles. The average molecular weight is 215 g/mol. The van der Waals surface area contributed by atoms with Crippen molar-refractivity contribution >= 4 is 11.6 Å². The Morgan fingerprint density at radius 1 is 1.43 bits per heavy atom. The summed E-state index contributed by atoms with van der Waals surface area (Å²) in [4.78, 5) is 0. The molecule has 1 aromatic rings. The van der Waals surface area contributed by atoms with Gasteiger partial charge in [-0.2, -0.15) is 0 Å². The van der Waals surface area contributed by atoms with Gasteiger partial charge in [0.05, 0.1) is 0 Å². The number of halogens is 2. The van der Waals surface area contributed by atoms with E-state index < -0.39 is 0 Å². The maximum absolute atomic E-state index is 13.5. The molecule has 1 heterocycles. The van der Waals surface area contributed by atoms with Crippen molar-refractivity contribution in [2.75, 3.05) is 13.1 Å². The highest BCUT2D eigenvalue weighted by atomic mass is 35.5. The van der Waals surface area contributed by atoms with Crippen molar-refractivity contribution in [1.82, 2.24) is 5.32 Å². The summed E-state index contributed by atoms with van der Waals surface area (Å²) in [7, 11) is 0. The van der Waals surface area contributed by atoms with E-state index in [1.807, 2.05) is 0 Å². The highest BCUT2D eigenvalue weighted by Gasteiger charge is 2.27. The van der Waals surface area contributed by atoms with Gasteiger partial charge >= 0.3 is 0 Å². The molecule has 0 spiro atoms. The van der Waals surface area contributed by atoms with Gasteiger partial charge in [0, 0.05) is 30.1 Å². The topological polar surface area (TPSA) is 38.0 Å². The van der Waals surface area contributed by atoms with E-state index in [0.29, 0.717) is 10.6 Å². The number of hydrogen-bond donors (Lipinski definition) is 2. The highest BCUT2D eigenvalue weighted by Crippen LogP contribution is 2.26. The molecular formula is C10H12ClFN2. The van der Waals surface area contributed by atoms with Gasteiger partial charge < -0.3 is 11.1 Å². The third kappa shape index (κ3) is 1.75. The molecule has 0 bridgehead atoms. The molecule has 4 heteroatoms. The lowest BCUT2D eigenvalue weighted by molar-refractivity contribution is 0.566. The zero-order chi connectivity index (χ0) is 10.1. The molecule has 2 unspecified atom stereocenters. The molecule has 0 amide bonds. The fraction of sp³-hybridized carbons (Fsp3) is 0.400. The van der Waals surface area contributed by atoms with Gasteiger partial charge in [-0.1, -0.05) is 17.7 Å². The molecule has 0 aromatic heterocycles.